The summed E-state index contributed by atoms with van der Waals surface area (Å²) >= 11 is 6.27. The molecule has 0 radical (unpaired) electrons. The SMILES string of the molecule is CCCCc1nc(Cl)c(CO)n1Cc1ccc(-c2ccccc2C2NNNN2)cc1.[K+]. The number of rotatable bonds is 8. The molecule has 0 unspecified atom stereocenters. The number of halogens is 1. The van der Waals surface area contributed by atoms with Gasteiger partial charge in [-0.1, -0.05) is 73.5 Å². The first-order valence-corrected chi connectivity index (χ1v) is 10.6. The van der Waals surface area contributed by atoms with E-state index in [1.54, 1.807) is 0 Å². The fraction of sp³-hybridized carbons (Fsp3) is 0.318. The van der Waals surface area contributed by atoms with Crippen LogP contribution in [0.3, 0.4) is 0 Å². The summed E-state index contributed by atoms with van der Waals surface area (Å²) in [4.78, 5) is 4.48. The van der Waals surface area contributed by atoms with Crippen LogP contribution < -0.4 is 73.3 Å². The zero-order valence-corrected chi connectivity index (χ0v) is 21.8. The molecule has 3 aromatic rings. The summed E-state index contributed by atoms with van der Waals surface area (Å²) in [5.41, 5.74) is 17.3. The predicted molar refractivity (Wildman–Crippen MR) is 118 cm³/mol. The first kappa shape index (κ1) is 25.0. The Kier molecular flexibility index (Phi) is 9.69. The fourth-order valence-electron chi connectivity index (χ4n) is 3.76. The van der Waals surface area contributed by atoms with Gasteiger partial charge in [-0.3, -0.25) is 0 Å². The summed E-state index contributed by atoms with van der Waals surface area (Å²) in [6.45, 7) is 2.67. The molecule has 0 bridgehead atoms. The van der Waals surface area contributed by atoms with E-state index in [4.69, 9.17) is 11.6 Å². The van der Waals surface area contributed by atoms with Gasteiger partial charge in [0.05, 0.1) is 12.3 Å². The third kappa shape index (κ3) is 5.84. The minimum absolute atomic E-state index is 0. The molecule has 4 rings (SSSR count). The molecule has 1 aliphatic rings. The number of unbranched alkanes of at least 4 members (excludes halogenated alkanes) is 1. The van der Waals surface area contributed by atoms with Gasteiger partial charge in [0.25, 0.3) is 0 Å². The van der Waals surface area contributed by atoms with E-state index in [-0.39, 0.29) is 64.2 Å². The molecule has 1 aromatic heterocycles. The second kappa shape index (κ2) is 12.0. The van der Waals surface area contributed by atoms with Crippen LogP contribution in [0.4, 0.5) is 0 Å². The Morgan fingerprint density at radius 1 is 1.06 bits per heavy atom. The molecule has 2 heterocycles. The largest absolute Gasteiger partial charge is 1.00 e. The van der Waals surface area contributed by atoms with E-state index in [1.165, 1.54) is 0 Å². The van der Waals surface area contributed by atoms with Gasteiger partial charge in [-0.25, -0.2) is 15.8 Å². The monoisotopic (exact) mass is 465 g/mol. The Bertz CT molecular complexity index is 988. The molecule has 0 atom stereocenters. The summed E-state index contributed by atoms with van der Waals surface area (Å²) in [6, 6.07) is 16.8. The quantitative estimate of drug-likeness (QED) is 0.306. The molecular formula is C22H27ClKN6O+. The van der Waals surface area contributed by atoms with Crippen molar-refractivity contribution in [3.8, 4) is 11.1 Å². The summed E-state index contributed by atoms with van der Waals surface area (Å²) in [5.74, 6) is 0.929. The standard InChI is InChI=1S/C22H27ClN6O.K/c1-2-3-8-20-24-21(23)19(14-30)29(20)13-15-9-11-16(12-10-15)17-6-4-5-7-18(17)22-25-27-28-26-22;/h4-7,9-12,22,25-28,30H,2-3,8,13-14H2,1H3;/q;+1. The van der Waals surface area contributed by atoms with Gasteiger partial charge in [0.2, 0.25) is 0 Å². The Morgan fingerprint density at radius 2 is 1.77 bits per heavy atom. The first-order valence-electron chi connectivity index (χ1n) is 10.2. The number of hydrogen-bond donors (Lipinski definition) is 5. The second-order valence-electron chi connectivity index (χ2n) is 7.37. The number of imidazole rings is 1. The number of aliphatic hydroxyl groups excluding tert-OH is 1. The van der Waals surface area contributed by atoms with Crippen molar-refractivity contribution < 1.29 is 56.5 Å². The average Bonchev–Trinajstić information content (AvgIpc) is 3.41. The molecule has 7 nitrogen and oxygen atoms in total. The molecule has 1 saturated heterocycles. The van der Waals surface area contributed by atoms with Crippen molar-refractivity contribution in [2.75, 3.05) is 0 Å². The van der Waals surface area contributed by atoms with Crippen LogP contribution in [-0.2, 0) is 19.6 Å². The summed E-state index contributed by atoms with van der Waals surface area (Å²) in [5, 5.41) is 10.2. The van der Waals surface area contributed by atoms with Gasteiger partial charge in [0.15, 0.2) is 5.15 Å². The molecule has 31 heavy (non-hydrogen) atoms. The Balaban J connectivity index is 0.00000272. The van der Waals surface area contributed by atoms with E-state index in [9.17, 15) is 5.11 Å². The van der Waals surface area contributed by atoms with Gasteiger partial charge in [-0.05, 0) is 28.7 Å². The Morgan fingerprint density at radius 3 is 2.45 bits per heavy atom. The number of aryl methyl sites for hydroxylation is 1. The number of aromatic nitrogens is 2. The third-order valence-corrected chi connectivity index (χ3v) is 5.68. The first-order chi connectivity index (χ1) is 14.7. The van der Waals surface area contributed by atoms with Crippen LogP contribution in [0.5, 0.6) is 0 Å². The smallest absolute Gasteiger partial charge is 0.390 e. The van der Waals surface area contributed by atoms with E-state index in [0.717, 1.165) is 47.3 Å². The predicted octanol–water partition coefficient (Wildman–Crippen LogP) is 0.206. The van der Waals surface area contributed by atoms with Gasteiger partial charge in [0.1, 0.15) is 12.0 Å². The molecule has 0 amide bonds. The van der Waals surface area contributed by atoms with Crippen molar-refractivity contribution in [3.05, 3.63) is 76.3 Å². The van der Waals surface area contributed by atoms with Crippen LogP contribution in [0.2, 0.25) is 5.15 Å². The van der Waals surface area contributed by atoms with Crippen LogP contribution in [0.15, 0.2) is 48.5 Å². The molecule has 1 fully saturated rings. The molecule has 0 saturated carbocycles. The van der Waals surface area contributed by atoms with Crippen molar-refractivity contribution >= 4 is 11.6 Å². The topological polar surface area (TPSA) is 86.2 Å². The maximum atomic E-state index is 9.78. The van der Waals surface area contributed by atoms with Crippen LogP contribution in [0.1, 0.15) is 48.6 Å². The number of nitrogens with zero attached hydrogens (tertiary/aromatic N) is 2. The second-order valence-corrected chi connectivity index (χ2v) is 7.73. The fourth-order valence-corrected chi connectivity index (χ4v) is 4.02. The van der Waals surface area contributed by atoms with Gasteiger partial charge in [-0.15, -0.1) is 0 Å². The molecule has 0 aliphatic carbocycles. The minimum Gasteiger partial charge on any atom is -0.390 e. The molecule has 0 spiro atoms. The number of nitrogens with one attached hydrogen (secondary N) is 4. The van der Waals surface area contributed by atoms with Crippen molar-refractivity contribution in [2.24, 2.45) is 0 Å². The zero-order valence-electron chi connectivity index (χ0n) is 18.0. The molecule has 158 valence electrons. The molecule has 9 heteroatoms. The molecular weight excluding hydrogens is 439 g/mol. The Hall–Kier alpha value is -0.624. The van der Waals surface area contributed by atoms with Crippen LogP contribution in [-0.4, -0.2) is 14.7 Å². The number of aliphatic hydroxyl groups is 1. The maximum absolute atomic E-state index is 9.78. The number of benzene rings is 2. The number of hydrogen-bond acceptors (Lipinski definition) is 6. The molecule has 2 aromatic carbocycles. The van der Waals surface area contributed by atoms with E-state index < -0.39 is 0 Å². The van der Waals surface area contributed by atoms with Crippen molar-refractivity contribution in [3.63, 3.8) is 0 Å². The normalized spacial score (nSPS) is 14.0. The van der Waals surface area contributed by atoms with Gasteiger partial charge < -0.3 is 9.67 Å². The van der Waals surface area contributed by atoms with E-state index >= 15 is 0 Å². The van der Waals surface area contributed by atoms with Crippen molar-refractivity contribution in [1.82, 2.24) is 31.5 Å². The van der Waals surface area contributed by atoms with E-state index in [1.807, 2.05) is 16.7 Å². The van der Waals surface area contributed by atoms with E-state index in [0.29, 0.717) is 17.4 Å². The number of hydrazine groups is 3. The van der Waals surface area contributed by atoms with Gasteiger partial charge in [0, 0.05) is 13.0 Å². The summed E-state index contributed by atoms with van der Waals surface area (Å²) < 4.78 is 2.05. The van der Waals surface area contributed by atoms with Crippen LogP contribution in [0.25, 0.3) is 11.1 Å². The molecule has 5 N–H and O–H groups in total. The zero-order chi connectivity index (χ0) is 20.9. The Labute approximate surface area is 230 Å². The van der Waals surface area contributed by atoms with Gasteiger partial charge >= 0.3 is 51.4 Å². The van der Waals surface area contributed by atoms with Crippen molar-refractivity contribution in [1.29, 1.82) is 0 Å². The summed E-state index contributed by atoms with van der Waals surface area (Å²) in [6.07, 6.45) is 2.96. The van der Waals surface area contributed by atoms with Crippen LogP contribution in [0, 0.1) is 0 Å². The molecule has 1 aliphatic heterocycles. The van der Waals surface area contributed by atoms with Crippen LogP contribution >= 0.6 is 11.6 Å². The van der Waals surface area contributed by atoms with E-state index in [2.05, 4.69) is 70.2 Å². The van der Waals surface area contributed by atoms with Gasteiger partial charge in [-0.2, -0.15) is 11.1 Å². The third-order valence-electron chi connectivity index (χ3n) is 5.38. The maximum Gasteiger partial charge on any atom is 1.00 e. The van der Waals surface area contributed by atoms with Crippen molar-refractivity contribution in [2.45, 2.75) is 45.5 Å². The summed E-state index contributed by atoms with van der Waals surface area (Å²) in [7, 11) is 0. The average molecular weight is 466 g/mol. The minimum atomic E-state index is -0.118.